The topological polar surface area (TPSA) is 34.4 Å². The minimum absolute atomic E-state index is 0.165. The van der Waals surface area contributed by atoms with Crippen molar-refractivity contribution >= 4 is 0 Å². The molecule has 1 aromatic carbocycles. The number of rotatable bonds is 6. The van der Waals surface area contributed by atoms with Gasteiger partial charge in [0.2, 0.25) is 0 Å². The summed E-state index contributed by atoms with van der Waals surface area (Å²) in [5.74, 6) is 1.84. The summed E-state index contributed by atoms with van der Waals surface area (Å²) in [6, 6.07) is 10.5. The minimum Gasteiger partial charge on any atom is -0.494 e. The van der Waals surface area contributed by atoms with E-state index in [0.717, 1.165) is 23.6 Å². The lowest BCUT2D eigenvalue weighted by atomic mass is 10.0. The molecule has 3 nitrogen and oxygen atoms in total. The molecule has 1 aromatic heterocycles. The predicted molar refractivity (Wildman–Crippen MR) is 76.6 cm³/mol. The van der Waals surface area contributed by atoms with E-state index in [0.29, 0.717) is 6.61 Å². The van der Waals surface area contributed by atoms with Crippen molar-refractivity contribution in [3.8, 4) is 5.75 Å². The maximum absolute atomic E-state index is 5.47. The van der Waals surface area contributed by atoms with Crippen molar-refractivity contribution in [3.05, 3.63) is 53.5 Å². The molecular formula is C16H21NO2. The number of aryl methyl sites for hydroxylation is 1. The molecule has 19 heavy (non-hydrogen) atoms. The molecule has 0 bridgehead atoms. The van der Waals surface area contributed by atoms with Crippen molar-refractivity contribution in [3.63, 3.8) is 0 Å². The Bertz CT molecular complexity index is 502. The minimum atomic E-state index is 0.165. The third kappa shape index (κ3) is 3.38. The standard InChI is InChI=1S/C16H21NO2/c1-4-17-16(14-10-12(3)19-11-14)13-6-8-15(9-7-13)18-5-2/h6-11,16-17H,4-5H2,1-3H3. The SMILES string of the molecule is CCNC(c1ccc(OCC)cc1)c1coc(C)c1. The van der Waals surface area contributed by atoms with E-state index in [1.165, 1.54) is 5.56 Å². The third-order valence-electron chi connectivity index (χ3n) is 3.02. The number of nitrogens with one attached hydrogen (secondary N) is 1. The first-order valence-corrected chi connectivity index (χ1v) is 6.75. The van der Waals surface area contributed by atoms with Crippen LogP contribution in [0.3, 0.4) is 0 Å². The van der Waals surface area contributed by atoms with Crippen LogP contribution in [0.2, 0.25) is 0 Å². The van der Waals surface area contributed by atoms with Gasteiger partial charge in [-0.3, -0.25) is 0 Å². The van der Waals surface area contributed by atoms with Crippen molar-refractivity contribution in [2.24, 2.45) is 0 Å². The van der Waals surface area contributed by atoms with Crippen LogP contribution in [-0.4, -0.2) is 13.2 Å². The van der Waals surface area contributed by atoms with Gasteiger partial charge in [0.15, 0.2) is 0 Å². The second-order valence-electron chi connectivity index (χ2n) is 4.48. The average molecular weight is 259 g/mol. The molecule has 3 heteroatoms. The van der Waals surface area contributed by atoms with Gasteiger partial charge >= 0.3 is 0 Å². The van der Waals surface area contributed by atoms with Gasteiger partial charge in [-0.05, 0) is 44.2 Å². The summed E-state index contributed by atoms with van der Waals surface area (Å²) in [4.78, 5) is 0. The zero-order valence-corrected chi connectivity index (χ0v) is 11.8. The number of ether oxygens (including phenoxy) is 1. The summed E-state index contributed by atoms with van der Waals surface area (Å²) in [6.07, 6.45) is 1.82. The van der Waals surface area contributed by atoms with E-state index in [4.69, 9.17) is 9.15 Å². The van der Waals surface area contributed by atoms with Gasteiger partial charge in [0.05, 0.1) is 18.9 Å². The maximum atomic E-state index is 5.47. The van der Waals surface area contributed by atoms with Crippen LogP contribution < -0.4 is 10.1 Å². The van der Waals surface area contributed by atoms with Crippen LogP contribution in [0.1, 0.15) is 36.8 Å². The number of hydrogen-bond acceptors (Lipinski definition) is 3. The van der Waals surface area contributed by atoms with Crippen molar-refractivity contribution in [1.82, 2.24) is 5.32 Å². The Morgan fingerprint density at radius 3 is 2.42 bits per heavy atom. The van der Waals surface area contributed by atoms with E-state index in [9.17, 15) is 0 Å². The maximum Gasteiger partial charge on any atom is 0.119 e. The van der Waals surface area contributed by atoms with E-state index in [2.05, 4.69) is 30.4 Å². The van der Waals surface area contributed by atoms with Crippen molar-refractivity contribution in [1.29, 1.82) is 0 Å². The van der Waals surface area contributed by atoms with Gasteiger partial charge in [-0.15, -0.1) is 0 Å². The highest BCUT2D eigenvalue weighted by atomic mass is 16.5. The lowest BCUT2D eigenvalue weighted by Crippen LogP contribution is -2.21. The largest absolute Gasteiger partial charge is 0.494 e. The molecule has 0 fully saturated rings. The van der Waals surface area contributed by atoms with Gasteiger partial charge in [-0.1, -0.05) is 19.1 Å². The highest BCUT2D eigenvalue weighted by Crippen LogP contribution is 2.25. The van der Waals surface area contributed by atoms with Gasteiger partial charge in [-0.25, -0.2) is 0 Å². The van der Waals surface area contributed by atoms with Gasteiger partial charge in [0.25, 0.3) is 0 Å². The third-order valence-corrected chi connectivity index (χ3v) is 3.02. The van der Waals surface area contributed by atoms with Crippen molar-refractivity contribution in [2.75, 3.05) is 13.2 Å². The number of furan rings is 1. The molecule has 0 amide bonds. The van der Waals surface area contributed by atoms with Crippen LogP contribution >= 0.6 is 0 Å². The molecule has 0 aliphatic carbocycles. The number of benzene rings is 1. The summed E-state index contributed by atoms with van der Waals surface area (Å²) in [6.45, 7) is 7.65. The molecule has 2 rings (SSSR count). The van der Waals surface area contributed by atoms with E-state index in [1.807, 2.05) is 32.2 Å². The first kappa shape index (κ1) is 13.7. The fourth-order valence-corrected chi connectivity index (χ4v) is 2.17. The smallest absolute Gasteiger partial charge is 0.119 e. The summed E-state index contributed by atoms with van der Waals surface area (Å²) < 4.78 is 10.9. The Labute approximate surface area is 114 Å². The van der Waals surface area contributed by atoms with E-state index in [-0.39, 0.29) is 6.04 Å². The van der Waals surface area contributed by atoms with E-state index in [1.54, 1.807) is 0 Å². The molecule has 2 aromatic rings. The Morgan fingerprint density at radius 1 is 1.16 bits per heavy atom. The Hall–Kier alpha value is -1.74. The second kappa shape index (κ2) is 6.43. The second-order valence-corrected chi connectivity index (χ2v) is 4.48. The molecule has 0 spiro atoms. The average Bonchev–Trinajstić information content (AvgIpc) is 2.84. The first-order chi connectivity index (χ1) is 9.24. The Kier molecular flexibility index (Phi) is 4.63. The van der Waals surface area contributed by atoms with Crippen LogP contribution in [0, 0.1) is 6.92 Å². The van der Waals surface area contributed by atoms with Gasteiger partial charge < -0.3 is 14.5 Å². The first-order valence-electron chi connectivity index (χ1n) is 6.75. The van der Waals surface area contributed by atoms with Gasteiger partial charge in [0.1, 0.15) is 11.5 Å². The monoisotopic (exact) mass is 259 g/mol. The highest BCUT2D eigenvalue weighted by Gasteiger charge is 2.15. The molecule has 1 N–H and O–H groups in total. The summed E-state index contributed by atoms with van der Waals surface area (Å²) in [5, 5.41) is 3.48. The molecule has 1 unspecified atom stereocenters. The summed E-state index contributed by atoms with van der Waals surface area (Å²) in [7, 11) is 0. The number of hydrogen-bond donors (Lipinski definition) is 1. The summed E-state index contributed by atoms with van der Waals surface area (Å²) >= 11 is 0. The molecule has 0 aliphatic heterocycles. The van der Waals surface area contributed by atoms with Crippen molar-refractivity contribution < 1.29 is 9.15 Å². The fourth-order valence-electron chi connectivity index (χ4n) is 2.17. The molecule has 1 atom stereocenters. The normalized spacial score (nSPS) is 12.4. The Balaban J connectivity index is 2.23. The van der Waals surface area contributed by atoms with Crippen LogP contribution in [0.4, 0.5) is 0 Å². The summed E-state index contributed by atoms with van der Waals surface area (Å²) in [5.41, 5.74) is 2.37. The molecular weight excluding hydrogens is 238 g/mol. The molecule has 0 radical (unpaired) electrons. The molecule has 1 heterocycles. The lowest BCUT2D eigenvalue weighted by Gasteiger charge is -2.17. The van der Waals surface area contributed by atoms with Crippen LogP contribution in [0.15, 0.2) is 41.0 Å². The van der Waals surface area contributed by atoms with Gasteiger partial charge in [-0.2, -0.15) is 0 Å². The fraction of sp³-hybridized carbons (Fsp3) is 0.375. The molecule has 0 saturated carbocycles. The highest BCUT2D eigenvalue weighted by molar-refractivity contribution is 5.35. The van der Waals surface area contributed by atoms with Crippen molar-refractivity contribution in [2.45, 2.75) is 26.8 Å². The Morgan fingerprint density at radius 2 is 1.89 bits per heavy atom. The van der Waals surface area contributed by atoms with E-state index < -0.39 is 0 Å². The van der Waals surface area contributed by atoms with E-state index >= 15 is 0 Å². The zero-order chi connectivity index (χ0) is 13.7. The van der Waals surface area contributed by atoms with Crippen LogP contribution in [0.25, 0.3) is 0 Å². The van der Waals surface area contributed by atoms with Gasteiger partial charge in [0, 0.05) is 5.56 Å². The quantitative estimate of drug-likeness (QED) is 0.859. The van der Waals surface area contributed by atoms with Crippen LogP contribution in [-0.2, 0) is 0 Å². The van der Waals surface area contributed by atoms with Crippen LogP contribution in [0.5, 0.6) is 5.75 Å². The molecule has 0 aliphatic rings. The zero-order valence-electron chi connectivity index (χ0n) is 11.8. The lowest BCUT2D eigenvalue weighted by molar-refractivity contribution is 0.340. The molecule has 102 valence electrons. The predicted octanol–water partition coefficient (Wildman–Crippen LogP) is 3.69. The molecule has 0 saturated heterocycles.